The number of nitrogens with one attached hydrogen (secondary N) is 1. The molecular weight excluding hydrogens is 435 g/mol. The van der Waals surface area contributed by atoms with Gasteiger partial charge < -0.3 is 5.32 Å². The first-order valence-corrected chi connectivity index (χ1v) is 10.4. The van der Waals surface area contributed by atoms with Gasteiger partial charge in [-0.1, -0.05) is 30.3 Å². The average Bonchev–Trinajstić information content (AvgIpc) is 2.98. The van der Waals surface area contributed by atoms with Gasteiger partial charge in [-0.25, -0.2) is 4.98 Å². The molecular formula is C17H15ClF3N3O2S2. The Balaban J connectivity index is 1.72. The molecule has 1 aromatic heterocycles. The zero-order valence-corrected chi connectivity index (χ0v) is 17.2. The van der Waals surface area contributed by atoms with Crippen LogP contribution >= 0.6 is 35.1 Å². The van der Waals surface area contributed by atoms with Crippen molar-refractivity contribution >= 4 is 46.7 Å². The number of rotatable bonds is 4. The van der Waals surface area contributed by atoms with Crippen molar-refractivity contribution in [1.29, 1.82) is 0 Å². The molecule has 1 unspecified atom stereocenters. The van der Waals surface area contributed by atoms with Crippen molar-refractivity contribution in [3.8, 4) is 0 Å². The number of anilines is 1. The minimum Gasteiger partial charge on any atom is -0.324 e. The highest BCUT2D eigenvalue weighted by molar-refractivity contribution is 8.00. The van der Waals surface area contributed by atoms with Crippen LogP contribution in [-0.4, -0.2) is 26.5 Å². The minimum atomic E-state index is -4.54. The molecule has 0 saturated carbocycles. The fraction of sp³-hybridized carbons (Fsp3) is 0.353. The SMILES string of the molecule is CC1Cc2nc(SCC(=O)Nc3cc(C(F)(F)F)ccc3Cl)n(C)c(=O)c2S1. The Bertz CT molecular complexity index is 995. The van der Waals surface area contributed by atoms with E-state index in [1.807, 2.05) is 6.92 Å². The van der Waals surface area contributed by atoms with Crippen molar-refractivity contribution in [1.82, 2.24) is 9.55 Å². The lowest BCUT2D eigenvalue weighted by atomic mass is 10.2. The van der Waals surface area contributed by atoms with Gasteiger partial charge in [0.25, 0.3) is 5.56 Å². The zero-order chi connectivity index (χ0) is 20.6. The van der Waals surface area contributed by atoms with E-state index in [4.69, 9.17) is 11.6 Å². The number of amides is 1. The Morgan fingerprint density at radius 3 is 2.86 bits per heavy atom. The number of hydrogen-bond acceptors (Lipinski definition) is 5. The molecule has 28 heavy (non-hydrogen) atoms. The second-order valence-electron chi connectivity index (χ2n) is 6.20. The molecule has 0 bridgehead atoms. The molecule has 1 N–H and O–H groups in total. The van der Waals surface area contributed by atoms with Crippen LogP contribution in [0, 0.1) is 0 Å². The summed E-state index contributed by atoms with van der Waals surface area (Å²) in [6, 6.07) is 2.71. The number of halogens is 4. The van der Waals surface area contributed by atoms with Gasteiger partial charge in [0.15, 0.2) is 5.16 Å². The molecule has 1 aliphatic rings. The fourth-order valence-corrected chi connectivity index (χ4v) is 4.71. The average molecular weight is 450 g/mol. The molecule has 0 saturated heterocycles. The zero-order valence-electron chi connectivity index (χ0n) is 14.8. The third-order valence-electron chi connectivity index (χ3n) is 3.98. The van der Waals surface area contributed by atoms with E-state index < -0.39 is 17.6 Å². The molecule has 5 nitrogen and oxygen atoms in total. The second kappa shape index (κ2) is 8.00. The molecule has 1 atom stereocenters. The lowest BCUT2D eigenvalue weighted by Crippen LogP contribution is -2.23. The third-order valence-corrected chi connectivity index (χ3v) is 6.55. The van der Waals surface area contributed by atoms with E-state index in [1.165, 1.54) is 16.3 Å². The molecule has 1 aromatic carbocycles. The van der Waals surface area contributed by atoms with Crippen molar-refractivity contribution in [3.63, 3.8) is 0 Å². The quantitative estimate of drug-likeness (QED) is 0.559. The number of aromatic nitrogens is 2. The Hall–Kier alpha value is -1.65. The molecule has 1 amide bonds. The van der Waals surface area contributed by atoms with Crippen molar-refractivity contribution in [3.05, 3.63) is 44.8 Å². The Morgan fingerprint density at radius 1 is 1.46 bits per heavy atom. The first-order valence-electron chi connectivity index (χ1n) is 8.12. The van der Waals surface area contributed by atoms with Crippen LogP contribution in [0.3, 0.4) is 0 Å². The molecule has 150 valence electrons. The maximum Gasteiger partial charge on any atom is 0.416 e. The summed E-state index contributed by atoms with van der Waals surface area (Å²) in [4.78, 5) is 29.7. The lowest BCUT2D eigenvalue weighted by molar-refractivity contribution is -0.137. The Labute approximate surface area is 172 Å². The van der Waals surface area contributed by atoms with Gasteiger partial charge in [0.2, 0.25) is 5.91 Å². The second-order valence-corrected chi connectivity index (χ2v) is 8.99. The Kier molecular flexibility index (Phi) is 6.02. The first-order chi connectivity index (χ1) is 13.1. The maximum atomic E-state index is 12.8. The van der Waals surface area contributed by atoms with E-state index in [9.17, 15) is 22.8 Å². The largest absolute Gasteiger partial charge is 0.416 e. The van der Waals surface area contributed by atoms with Gasteiger partial charge in [0.05, 0.1) is 32.6 Å². The summed E-state index contributed by atoms with van der Waals surface area (Å²) in [7, 11) is 1.57. The van der Waals surface area contributed by atoms with Crippen LogP contribution < -0.4 is 10.9 Å². The van der Waals surface area contributed by atoms with Crippen LogP contribution in [0.4, 0.5) is 18.9 Å². The summed E-state index contributed by atoms with van der Waals surface area (Å²) in [5, 5.41) is 3.02. The molecule has 0 fully saturated rings. The molecule has 0 aliphatic carbocycles. The molecule has 2 heterocycles. The molecule has 1 aliphatic heterocycles. The van der Waals surface area contributed by atoms with Crippen LogP contribution in [0.2, 0.25) is 5.02 Å². The van der Waals surface area contributed by atoms with E-state index in [1.54, 1.807) is 7.05 Å². The highest BCUT2D eigenvalue weighted by Gasteiger charge is 2.31. The summed E-state index contributed by atoms with van der Waals surface area (Å²) in [6.45, 7) is 2.00. The number of nitrogens with zero attached hydrogens (tertiary/aromatic N) is 2. The van der Waals surface area contributed by atoms with Gasteiger partial charge in [0, 0.05) is 18.7 Å². The van der Waals surface area contributed by atoms with Crippen LogP contribution in [0.15, 0.2) is 33.0 Å². The van der Waals surface area contributed by atoms with Crippen molar-refractivity contribution in [2.45, 2.75) is 34.8 Å². The van der Waals surface area contributed by atoms with E-state index in [2.05, 4.69) is 10.3 Å². The molecule has 11 heteroatoms. The molecule has 0 spiro atoms. The summed E-state index contributed by atoms with van der Waals surface area (Å²) >= 11 is 8.40. The number of alkyl halides is 3. The van der Waals surface area contributed by atoms with E-state index >= 15 is 0 Å². The summed E-state index contributed by atoms with van der Waals surface area (Å²) in [5.41, 5.74) is -0.482. The number of thioether (sulfide) groups is 2. The van der Waals surface area contributed by atoms with E-state index in [0.29, 0.717) is 22.2 Å². The van der Waals surface area contributed by atoms with Gasteiger partial charge >= 0.3 is 6.18 Å². The smallest absolute Gasteiger partial charge is 0.324 e. The van der Waals surface area contributed by atoms with Gasteiger partial charge in [0.1, 0.15) is 0 Å². The monoisotopic (exact) mass is 449 g/mol. The minimum absolute atomic E-state index is 0.000387. The van der Waals surface area contributed by atoms with Crippen molar-refractivity contribution in [2.75, 3.05) is 11.1 Å². The highest BCUT2D eigenvalue weighted by atomic mass is 35.5. The predicted molar refractivity (Wildman–Crippen MR) is 104 cm³/mol. The van der Waals surface area contributed by atoms with Crippen LogP contribution in [-0.2, 0) is 24.4 Å². The summed E-state index contributed by atoms with van der Waals surface area (Å²) in [6.07, 6.45) is -3.86. The van der Waals surface area contributed by atoms with E-state index in [0.717, 1.165) is 30.0 Å². The van der Waals surface area contributed by atoms with Gasteiger partial charge in [-0.15, -0.1) is 11.8 Å². The molecule has 3 rings (SSSR count). The van der Waals surface area contributed by atoms with Crippen LogP contribution in [0.25, 0.3) is 0 Å². The first kappa shape index (κ1) is 21.1. The maximum absolute atomic E-state index is 12.8. The number of fused-ring (bicyclic) bond motifs is 1. The number of carbonyl (C=O) groups excluding carboxylic acids is 1. The predicted octanol–water partition coefficient (Wildman–Crippen LogP) is 4.22. The van der Waals surface area contributed by atoms with Gasteiger partial charge in [-0.05, 0) is 18.2 Å². The number of carbonyl (C=O) groups is 1. The van der Waals surface area contributed by atoms with Crippen LogP contribution in [0.5, 0.6) is 0 Å². The Morgan fingerprint density at radius 2 is 2.18 bits per heavy atom. The lowest BCUT2D eigenvalue weighted by Gasteiger charge is -2.12. The fourth-order valence-electron chi connectivity index (χ4n) is 2.62. The van der Waals surface area contributed by atoms with Gasteiger partial charge in [-0.3, -0.25) is 14.2 Å². The van der Waals surface area contributed by atoms with Crippen LogP contribution in [0.1, 0.15) is 18.2 Å². The van der Waals surface area contributed by atoms with E-state index in [-0.39, 0.29) is 27.3 Å². The summed E-state index contributed by atoms with van der Waals surface area (Å²) in [5.74, 6) is -0.683. The van der Waals surface area contributed by atoms with Gasteiger partial charge in [-0.2, -0.15) is 13.2 Å². The summed E-state index contributed by atoms with van der Waals surface area (Å²) < 4.78 is 39.8. The standard InChI is InChI=1S/C17H15ClF3N3O2S2/c1-8-5-12-14(28-8)15(26)24(2)16(23-12)27-7-13(25)22-11-6-9(17(19,20)21)3-4-10(11)18/h3-4,6,8H,5,7H2,1-2H3,(H,22,25). The number of hydrogen-bond donors (Lipinski definition) is 1. The molecule has 0 radical (unpaired) electrons. The normalized spacial score (nSPS) is 16.1. The van der Waals surface area contributed by atoms with Crippen molar-refractivity contribution in [2.24, 2.45) is 7.05 Å². The molecule has 2 aromatic rings. The number of benzene rings is 1. The highest BCUT2D eigenvalue weighted by Crippen LogP contribution is 2.35. The van der Waals surface area contributed by atoms with Crippen molar-refractivity contribution < 1.29 is 18.0 Å². The third kappa shape index (κ3) is 4.49. The topological polar surface area (TPSA) is 64.0 Å².